The van der Waals surface area contributed by atoms with Crippen molar-refractivity contribution >= 4 is 5.82 Å². The highest BCUT2D eigenvalue weighted by Gasteiger charge is 2.03. The molecule has 0 atom stereocenters. The smallest absolute Gasteiger partial charge is 0.148 e. The molecular formula is C14H19N3. The van der Waals surface area contributed by atoms with E-state index in [9.17, 15) is 0 Å². The van der Waals surface area contributed by atoms with Gasteiger partial charge in [0.15, 0.2) is 0 Å². The second-order valence-electron chi connectivity index (χ2n) is 4.28. The predicted molar refractivity (Wildman–Crippen MR) is 71.1 cm³/mol. The van der Waals surface area contributed by atoms with Gasteiger partial charge in [0.2, 0.25) is 0 Å². The lowest BCUT2D eigenvalue weighted by molar-refractivity contribution is 0.661. The molecule has 2 rings (SSSR count). The van der Waals surface area contributed by atoms with Gasteiger partial charge in [0.25, 0.3) is 0 Å². The minimum atomic E-state index is 0.833. The molecule has 0 bridgehead atoms. The summed E-state index contributed by atoms with van der Waals surface area (Å²) >= 11 is 0. The number of hydrogen-bond donors (Lipinski definition) is 1. The van der Waals surface area contributed by atoms with E-state index < -0.39 is 0 Å². The molecule has 1 heterocycles. The number of aryl methyl sites for hydroxylation is 3. The number of nitrogens with zero attached hydrogens (tertiary/aromatic N) is 2. The molecule has 3 heteroatoms. The first-order valence-electron chi connectivity index (χ1n) is 6.03. The average molecular weight is 229 g/mol. The van der Waals surface area contributed by atoms with E-state index >= 15 is 0 Å². The highest BCUT2D eigenvalue weighted by molar-refractivity contribution is 5.39. The fraction of sp³-hybridized carbons (Fsp3) is 0.357. The summed E-state index contributed by atoms with van der Waals surface area (Å²) in [5.41, 5.74) is 4.01. The van der Waals surface area contributed by atoms with Crippen molar-refractivity contribution in [2.75, 3.05) is 5.32 Å². The standard InChI is InChI=1S/C14H19N3/c1-4-17-9-8-14(16-17)15-10-13-11(2)6-5-7-12(13)3/h5-9H,4,10H2,1-3H3,(H,15,16). The van der Waals surface area contributed by atoms with Gasteiger partial charge in [-0.1, -0.05) is 18.2 Å². The van der Waals surface area contributed by atoms with Crippen LogP contribution in [0.1, 0.15) is 23.6 Å². The summed E-state index contributed by atoms with van der Waals surface area (Å²) in [6.07, 6.45) is 1.99. The molecule has 0 unspecified atom stereocenters. The Balaban J connectivity index is 2.07. The van der Waals surface area contributed by atoms with Crippen LogP contribution < -0.4 is 5.32 Å². The van der Waals surface area contributed by atoms with Gasteiger partial charge in [0.1, 0.15) is 5.82 Å². The SMILES string of the molecule is CCn1ccc(NCc2c(C)cccc2C)n1. The first kappa shape index (κ1) is 11.7. The molecule has 0 radical (unpaired) electrons. The van der Waals surface area contributed by atoms with Gasteiger partial charge < -0.3 is 5.32 Å². The summed E-state index contributed by atoms with van der Waals surface area (Å²) < 4.78 is 1.92. The fourth-order valence-electron chi connectivity index (χ4n) is 1.94. The van der Waals surface area contributed by atoms with E-state index in [1.165, 1.54) is 16.7 Å². The Hall–Kier alpha value is -1.77. The third-order valence-electron chi connectivity index (χ3n) is 3.06. The number of aromatic nitrogens is 2. The Bertz CT molecular complexity index is 480. The van der Waals surface area contributed by atoms with Gasteiger partial charge in [0.05, 0.1) is 0 Å². The Kier molecular flexibility index (Phi) is 3.47. The lowest BCUT2D eigenvalue weighted by Crippen LogP contribution is -2.04. The maximum absolute atomic E-state index is 4.41. The van der Waals surface area contributed by atoms with Crippen molar-refractivity contribution < 1.29 is 0 Å². The lowest BCUT2D eigenvalue weighted by atomic mass is 10.0. The van der Waals surface area contributed by atoms with Gasteiger partial charge in [-0.2, -0.15) is 5.10 Å². The number of rotatable bonds is 4. The van der Waals surface area contributed by atoms with Crippen molar-refractivity contribution in [1.29, 1.82) is 0 Å². The van der Waals surface area contributed by atoms with Gasteiger partial charge in [-0.05, 0) is 37.5 Å². The molecule has 17 heavy (non-hydrogen) atoms. The van der Waals surface area contributed by atoms with Crippen molar-refractivity contribution in [2.24, 2.45) is 0 Å². The molecule has 0 spiro atoms. The maximum atomic E-state index is 4.41. The van der Waals surface area contributed by atoms with Crippen molar-refractivity contribution in [2.45, 2.75) is 33.9 Å². The molecule has 0 saturated heterocycles. The van der Waals surface area contributed by atoms with Gasteiger partial charge >= 0.3 is 0 Å². The molecule has 1 aromatic carbocycles. The van der Waals surface area contributed by atoms with Crippen LogP contribution in [0.4, 0.5) is 5.82 Å². The Morgan fingerprint density at radius 3 is 2.47 bits per heavy atom. The predicted octanol–water partition coefficient (Wildman–Crippen LogP) is 3.13. The van der Waals surface area contributed by atoms with Crippen LogP contribution in [0, 0.1) is 13.8 Å². The van der Waals surface area contributed by atoms with E-state index in [2.05, 4.69) is 49.4 Å². The van der Waals surface area contributed by atoms with Gasteiger partial charge in [-0.25, -0.2) is 0 Å². The van der Waals surface area contributed by atoms with Crippen LogP contribution in [0.5, 0.6) is 0 Å². The quantitative estimate of drug-likeness (QED) is 0.873. The van der Waals surface area contributed by atoms with Crippen LogP contribution in [0.15, 0.2) is 30.5 Å². The Labute approximate surface area is 102 Å². The summed E-state index contributed by atoms with van der Waals surface area (Å²) in [6.45, 7) is 8.12. The topological polar surface area (TPSA) is 29.9 Å². The summed E-state index contributed by atoms with van der Waals surface area (Å²) in [4.78, 5) is 0. The molecule has 2 aromatic rings. The minimum absolute atomic E-state index is 0.833. The Morgan fingerprint density at radius 1 is 1.18 bits per heavy atom. The average Bonchev–Trinajstić information content (AvgIpc) is 2.76. The second-order valence-corrected chi connectivity index (χ2v) is 4.28. The summed E-state index contributed by atoms with van der Waals surface area (Å²) in [5.74, 6) is 0.939. The van der Waals surface area contributed by atoms with E-state index in [0.29, 0.717) is 0 Å². The van der Waals surface area contributed by atoms with Gasteiger partial charge in [0, 0.05) is 25.4 Å². The van der Waals surface area contributed by atoms with Crippen molar-refractivity contribution in [3.05, 3.63) is 47.2 Å². The molecular weight excluding hydrogens is 210 g/mol. The third kappa shape index (κ3) is 2.67. The van der Waals surface area contributed by atoms with Crippen LogP contribution in [0.3, 0.4) is 0 Å². The molecule has 0 amide bonds. The highest BCUT2D eigenvalue weighted by Crippen LogP contribution is 2.15. The molecule has 1 aromatic heterocycles. The highest BCUT2D eigenvalue weighted by atomic mass is 15.3. The zero-order chi connectivity index (χ0) is 12.3. The van der Waals surface area contributed by atoms with Crippen molar-refractivity contribution in [3.8, 4) is 0 Å². The summed E-state index contributed by atoms with van der Waals surface area (Å²) in [7, 11) is 0. The molecule has 0 aliphatic rings. The number of nitrogens with one attached hydrogen (secondary N) is 1. The van der Waals surface area contributed by atoms with E-state index in [-0.39, 0.29) is 0 Å². The minimum Gasteiger partial charge on any atom is -0.365 e. The van der Waals surface area contributed by atoms with Gasteiger partial charge in [-0.3, -0.25) is 4.68 Å². The number of hydrogen-bond acceptors (Lipinski definition) is 2. The van der Waals surface area contributed by atoms with E-state index in [4.69, 9.17) is 0 Å². The van der Waals surface area contributed by atoms with E-state index in [1.54, 1.807) is 0 Å². The monoisotopic (exact) mass is 229 g/mol. The molecule has 1 N–H and O–H groups in total. The van der Waals surface area contributed by atoms with Crippen LogP contribution in [-0.4, -0.2) is 9.78 Å². The zero-order valence-electron chi connectivity index (χ0n) is 10.7. The number of anilines is 1. The van der Waals surface area contributed by atoms with E-state index in [1.807, 2.05) is 16.9 Å². The molecule has 0 aliphatic heterocycles. The van der Waals surface area contributed by atoms with Crippen molar-refractivity contribution in [1.82, 2.24) is 9.78 Å². The summed E-state index contributed by atoms with van der Waals surface area (Å²) in [6, 6.07) is 8.40. The fourth-order valence-corrected chi connectivity index (χ4v) is 1.94. The maximum Gasteiger partial charge on any atom is 0.148 e. The molecule has 0 saturated carbocycles. The van der Waals surface area contributed by atoms with Crippen LogP contribution in [-0.2, 0) is 13.1 Å². The normalized spacial score (nSPS) is 10.5. The zero-order valence-corrected chi connectivity index (χ0v) is 10.7. The molecule has 3 nitrogen and oxygen atoms in total. The first-order chi connectivity index (χ1) is 8.20. The molecule has 90 valence electrons. The Morgan fingerprint density at radius 2 is 1.88 bits per heavy atom. The second kappa shape index (κ2) is 5.04. The van der Waals surface area contributed by atoms with Crippen LogP contribution >= 0.6 is 0 Å². The third-order valence-corrected chi connectivity index (χ3v) is 3.06. The molecule has 0 aliphatic carbocycles. The van der Waals surface area contributed by atoms with Gasteiger partial charge in [-0.15, -0.1) is 0 Å². The van der Waals surface area contributed by atoms with E-state index in [0.717, 1.165) is 18.9 Å². The lowest BCUT2D eigenvalue weighted by Gasteiger charge is -2.10. The molecule has 0 fully saturated rings. The first-order valence-corrected chi connectivity index (χ1v) is 6.03. The summed E-state index contributed by atoms with van der Waals surface area (Å²) in [5, 5.41) is 7.77. The van der Waals surface area contributed by atoms with Crippen LogP contribution in [0.2, 0.25) is 0 Å². The number of benzene rings is 1. The largest absolute Gasteiger partial charge is 0.365 e. The van der Waals surface area contributed by atoms with Crippen molar-refractivity contribution in [3.63, 3.8) is 0 Å². The van der Waals surface area contributed by atoms with Crippen LogP contribution in [0.25, 0.3) is 0 Å².